The number of phenols is 2. The molecule has 0 aromatic heterocycles. The van der Waals surface area contributed by atoms with Crippen molar-refractivity contribution in [2.45, 2.75) is 12.1 Å². The molecule has 20 heavy (non-hydrogen) atoms. The van der Waals surface area contributed by atoms with Crippen molar-refractivity contribution in [3.8, 4) is 11.5 Å². The van der Waals surface area contributed by atoms with E-state index in [1.165, 1.54) is 24.3 Å². The highest BCUT2D eigenvalue weighted by Crippen LogP contribution is 2.37. The summed E-state index contributed by atoms with van der Waals surface area (Å²) in [5.74, 6) is 0.115. The number of hydrogen-bond acceptors (Lipinski definition) is 4. The summed E-state index contributed by atoms with van der Waals surface area (Å²) in [5.41, 5.74) is 13.5. The summed E-state index contributed by atoms with van der Waals surface area (Å²) in [5, 5.41) is 19.2. The fourth-order valence-corrected chi connectivity index (χ4v) is 2.70. The summed E-state index contributed by atoms with van der Waals surface area (Å²) in [6.07, 6.45) is 0. The molecule has 0 aliphatic heterocycles. The fourth-order valence-electron chi connectivity index (χ4n) is 1.97. The molecular weight excluding hydrogens is 299 g/mol. The van der Waals surface area contributed by atoms with Crippen LogP contribution in [0.3, 0.4) is 0 Å². The molecule has 0 amide bonds. The van der Waals surface area contributed by atoms with Gasteiger partial charge in [-0.15, -0.1) is 0 Å². The molecule has 0 aliphatic carbocycles. The van der Waals surface area contributed by atoms with Crippen LogP contribution in [-0.2, 0) is 0 Å². The van der Waals surface area contributed by atoms with Crippen molar-refractivity contribution in [3.05, 3.63) is 57.6 Å². The Hall–Kier alpha value is -1.46. The Morgan fingerprint density at radius 1 is 0.800 bits per heavy atom. The molecule has 0 saturated carbocycles. The topological polar surface area (TPSA) is 92.5 Å². The van der Waals surface area contributed by atoms with Crippen molar-refractivity contribution in [2.24, 2.45) is 11.5 Å². The van der Waals surface area contributed by atoms with E-state index in [2.05, 4.69) is 0 Å². The first-order valence-electron chi connectivity index (χ1n) is 5.88. The molecule has 2 unspecified atom stereocenters. The number of aromatic hydroxyl groups is 2. The average molecular weight is 313 g/mol. The van der Waals surface area contributed by atoms with Crippen molar-refractivity contribution < 1.29 is 10.2 Å². The number of hydrogen-bond donors (Lipinski definition) is 4. The lowest BCUT2D eigenvalue weighted by atomic mass is 9.94. The highest BCUT2D eigenvalue weighted by atomic mass is 35.5. The van der Waals surface area contributed by atoms with E-state index in [1.807, 2.05) is 0 Å². The third kappa shape index (κ3) is 2.99. The van der Waals surface area contributed by atoms with Gasteiger partial charge in [-0.1, -0.05) is 35.3 Å². The Bertz CT molecular complexity index is 594. The first-order valence-corrected chi connectivity index (χ1v) is 6.63. The zero-order valence-corrected chi connectivity index (χ0v) is 11.9. The molecule has 2 aromatic rings. The van der Waals surface area contributed by atoms with Crippen molar-refractivity contribution in [2.75, 3.05) is 0 Å². The molecule has 0 saturated heterocycles. The molecule has 4 nitrogen and oxygen atoms in total. The van der Waals surface area contributed by atoms with Crippen molar-refractivity contribution in [1.82, 2.24) is 0 Å². The fraction of sp³-hybridized carbons (Fsp3) is 0.143. The minimum absolute atomic E-state index is 0.0332. The Balaban J connectivity index is 2.36. The molecule has 106 valence electrons. The van der Waals surface area contributed by atoms with Crippen LogP contribution in [0.1, 0.15) is 23.2 Å². The SMILES string of the molecule is NC(c1ccc(O)cc1)C(N)c1c(Cl)cc(O)cc1Cl. The van der Waals surface area contributed by atoms with Crippen LogP contribution in [0, 0.1) is 0 Å². The first kappa shape index (κ1) is 14.9. The molecule has 0 radical (unpaired) electrons. The maximum Gasteiger partial charge on any atom is 0.118 e. The van der Waals surface area contributed by atoms with Gasteiger partial charge in [-0.2, -0.15) is 0 Å². The summed E-state index contributed by atoms with van der Waals surface area (Å²) >= 11 is 12.1. The molecule has 0 bridgehead atoms. The minimum Gasteiger partial charge on any atom is -0.508 e. The van der Waals surface area contributed by atoms with E-state index in [0.29, 0.717) is 5.56 Å². The van der Waals surface area contributed by atoms with Crippen molar-refractivity contribution in [1.29, 1.82) is 0 Å². The maximum absolute atomic E-state index is 9.42. The van der Waals surface area contributed by atoms with Crippen molar-refractivity contribution in [3.63, 3.8) is 0 Å². The Labute approximate surface area is 126 Å². The molecule has 2 aromatic carbocycles. The lowest BCUT2D eigenvalue weighted by Crippen LogP contribution is -2.27. The van der Waals surface area contributed by atoms with Gasteiger partial charge >= 0.3 is 0 Å². The van der Waals surface area contributed by atoms with E-state index >= 15 is 0 Å². The van der Waals surface area contributed by atoms with Crippen LogP contribution in [0.2, 0.25) is 10.0 Å². The molecule has 6 N–H and O–H groups in total. The van der Waals surface area contributed by atoms with Gasteiger partial charge in [0.1, 0.15) is 11.5 Å². The molecule has 0 fully saturated rings. The predicted molar refractivity (Wildman–Crippen MR) is 80.1 cm³/mol. The predicted octanol–water partition coefficient (Wildman–Crippen LogP) is 3.10. The Kier molecular flexibility index (Phi) is 4.40. The molecule has 6 heteroatoms. The van der Waals surface area contributed by atoms with Gasteiger partial charge in [0.25, 0.3) is 0 Å². The molecule has 2 atom stereocenters. The third-order valence-corrected chi connectivity index (χ3v) is 3.69. The van der Waals surface area contributed by atoms with Crippen molar-refractivity contribution >= 4 is 23.2 Å². The van der Waals surface area contributed by atoms with E-state index in [9.17, 15) is 10.2 Å². The molecule has 0 spiro atoms. The number of nitrogens with two attached hydrogens (primary N) is 2. The van der Waals surface area contributed by atoms with E-state index in [4.69, 9.17) is 34.7 Å². The van der Waals surface area contributed by atoms with Crippen LogP contribution in [0.25, 0.3) is 0 Å². The largest absolute Gasteiger partial charge is 0.508 e. The van der Waals surface area contributed by atoms with Gasteiger partial charge in [0.15, 0.2) is 0 Å². The molecule has 0 heterocycles. The number of halogens is 2. The zero-order chi connectivity index (χ0) is 14.9. The first-order chi connectivity index (χ1) is 9.40. The third-order valence-electron chi connectivity index (χ3n) is 3.06. The second kappa shape index (κ2) is 5.89. The smallest absolute Gasteiger partial charge is 0.118 e. The van der Waals surface area contributed by atoms with Gasteiger partial charge in [-0.05, 0) is 29.8 Å². The number of benzene rings is 2. The normalized spacial score (nSPS) is 14.0. The van der Waals surface area contributed by atoms with Crippen LogP contribution in [-0.4, -0.2) is 10.2 Å². The zero-order valence-electron chi connectivity index (χ0n) is 10.4. The van der Waals surface area contributed by atoms with Gasteiger partial charge in [-0.25, -0.2) is 0 Å². The van der Waals surface area contributed by atoms with E-state index < -0.39 is 12.1 Å². The average Bonchev–Trinajstić information content (AvgIpc) is 2.37. The lowest BCUT2D eigenvalue weighted by Gasteiger charge is -2.23. The van der Waals surface area contributed by atoms with Gasteiger partial charge in [0.05, 0.1) is 16.1 Å². The summed E-state index contributed by atoms with van der Waals surface area (Å²) in [4.78, 5) is 0. The standard InChI is InChI=1S/C14H14Cl2N2O2/c15-10-5-9(20)6-11(16)12(10)14(18)13(17)7-1-3-8(19)4-2-7/h1-6,13-14,19-20H,17-18H2. The van der Waals surface area contributed by atoms with Crippen LogP contribution in [0.15, 0.2) is 36.4 Å². The van der Waals surface area contributed by atoms with E-state index in [1.54, 1.807) is 12.1 Å². The Morgan fingerprint density at radius 3 is 1.80 bits per heavy atom. The van der Waals surface area contributed by atoms with E-state index in [-0.39, 0.29) is 21.5 Å². The van der Waals surface area contributed by atoms with Gasteiger partial charge in [-0.3, -0.25) is 0 Å². The monoisotopic (exact) mass is 312 g/mol. The highest BCUT2D eigenvalue weighted by molar-refractivity contribution is 6.36. The molecule has 0 aliphatic rings. The number of phenolic OH excluding ortho intramolecular Hbond substituents is 2. The lowest BCUT2D eigenvalue weighted by molar-refractivity contribution is 0.473. The molecule has 2 rings (SSSR count). The van der Waals surface area contributed by atoms with Gasteiger partial charge in [0, 0.05) is 11.6 Å². The number of rotatable bonds is 3. The van der Waals surface area contributed by atoms with Gasteiger partial charge in [0.2, 0.25) is 0 Å². The van der Waals surface area contributed by atoms with Crippen LogP contribution in [0.5, 0.6) is 11.5 Å². The van der Waals surface area contributed by atoms with Crippen LogP contribution in [0.4, 0.5) is 0 Å². The van der Waals surface area contributed by atoms with E-state index in [0.717, 1.165) is 5.56 Å². The second-order valence-corrected chi connectivity index (χ2v) is 5.28. The van der Waals surface area contributed by atoms with Crippen LogP contribution >= 0.6 is 23.2 Å². The summed E-state index contributed by atoms with van der Waals surface area (Å²) in [7, 11) is 0. The summed E-state index contributed by atoms with van der Waals surface area (Å²) in [6, 6.07) is 7.97. The summed E-state index contributed by atoms with van der Waals surface area (Å²) in [6.45, 7) is 0. The minimum atomic E-state index is -0.639. The molecular formula is C14H14Cl2N2O2. The second-order valence-electron chi connectivity index (χ2n) is 4.47. The maximum atomic E-state index is 9.42. The Morgan fingerprint density at radius 2 is 1.30 bits per heavy atom. The van der Waals surface area contributed by atoms with Crippen LogP contribution < -0.4 is 11.5 Å². The van der Waals surface area contributed by atoms with Gasteiger partial charge < -0.3 is 21.7 Å². The summed E-state index contributed by atoms with van der Waals surface area (Å²) < 4.78 is 0. The highest BCUT2D eigenvalue weighted by Gasteiger charge is 2.22. The quantitative estimate of drug-likeness (QED) is 0.700.